The third kappa shape index (κ3) is 6.48. The van der Waals surface area contributed by atoms with E-state index in [0.29, 0.717) is 30.4 Å². The maximum Gasteiger partial charge on any atom is 0.260 e. The number of nitrogens with one attached hydrogen (secondary N) is 1. The molecule has 0 saturated heterocycles. The highest BCUT2D eigenvalue weighted by molar-refractivity contribution is 7.92. The summed E-state index contributed by atoms with van der Waals surface area (Å²) in [6.45, 7) is 5.96. The fourth-order valence-corrected chi connectivity index (χ4v) is 3.52. The fraction of sp³-hybridized carbons (Fsp3) is 0.333. The summed E-state index contributed by atoms with van der Waals surface area (Å²) in [7, 11) is -3.72. The molecule has 0 atom stereocenters. The Kier molecular flexibility index (Phi) is 8.23. The van der Waals surface area contributed by atoms with Crippen LogP contribution in [0.15, 0.2) is 53.6 Å². The van der Waals surface area contributed by atoms with Gasteiger partial charge in [-0.1, -0.05) is 12.1 Å². The number of para-hydroxylation sites is 2. The molecule has 0 aromatic heterocycles. The molecule has 2 aromatic carbocycles. The molecule has 0 aliphatic carbocycles. The molecule has 9 heteroatoms. The van der Waals surface area contributed by atoms with E-state index in [1.165, 1.54) is 0 Å². The van der Waals surface area contributed by atoms with Crippen LogP contribution in [0.25, 0.3) is 0 Å². The van der Waals surface area contributed by atoms with E-state index in [0.717, 1.165) is 21.9 Å². The van der Waals surface area contributed by atoms with Crippen molar-refractivity contribution in [2.45, 2.75) is 20.8 Å². The van der Waals surface area contributed by atoms with E-state index in [4.69, 9.17) is 9.47 Å². The fourth-order valence-electron chi connectivity index (χ4n) is 2.66. The monoisotopic (exact) mass is 433 g/mol. The molecule has 0 spiro atoms. The highest BCUT2D eigenvalue weighted by atomic mass is 32.2. The minimum absolute atomic E-state index is 0.296. The first-order chi connectivity index (χ1) is 14.3. The summed E-state index contributed by atoms with van der Waals surface area (Å²) >= 11 is 0. The summed E-state index contributed by atoms with van der Waals surface area (Å²) in [6.07, 6.45) is 1.04. The van der Waals surface area contributed by atoms with Crippen molar-refractivity contribution >= 4 is 27.3 Å². The van der Waals surface area contributed by atoms with Crippen LogP contribution >= 0.6 is 0 Å². The predicted octanol–water partition coefficient (Wildman–Crippen LogP) is 2.79. The number of benzene rings is 2. The number of nitrogens with zero attached hydrogens (tertiary/aromatic N) is 2. The predicted molar refractivity (Wildman–Crippen MR) is 118 cm³/mol. The maximum absolute atomic E-state index is 12.4. The third-order valence-corrected chi connectivity index (χ3v) is 5.18. The van der Waals surface area contributed by atoms with Gasteiger partial charge in [0.25, 0.3) is 5.91 Å². The average molecular weight is 434 g/mol. The lowest BCUT2D eigenvalue weighted by Crippen LogP contribution is -2.39. The molecule has 0 aliphatic heterocycles. The van der Waals surface area contributed by atoms with E-state index < -0.39 is 22.5 Å². The molecule has 0 heterocycles. The minimum Gasteiger partial charge on any atom is -0.494 e. The maximum atomic E-state index is 12.4. The molecule has 1 N–H and O–H groups in total. The Morgan fingerprint density at radius 3 is 2.27 bits per heavy atom. The lowest BCUT2D eigenvalue weighted by molar-refractivity contribution is -0.119. The molecule has 2 rings (SSSR count). The van der Waals surface area contributed by atoms with Crippen molar-refractivity contribution in [2.75, 3.05) is 30.3 Å². The number of rotatable bonds is 10. The zero-order valence-corrected chi connectivity index (χ0v) is 18.4. The Balaban J connectivity index is 2.14. The standard InChI is InChI=1S/C21H27N3O5S/c1-5-28-18-13-11-17(12-14-18)16(3)22-23-21(25)15-24(30(4,26)27)19-9-7-8-10-20(19)29-6-2/h7-14H,5-6,15H2,1-4H3,(H,23,25)/b22-16-. The highest BCUT2D eigenvalue weighted by Gasteiger charge is 2.23. The smallest absolute Gasteiger partial charge is 0.260 e. The second kappa shape index (κ2) is 10.6. The topological polar surface area (TPSA) is 97.3 Å². The normalized spacial score (nSPS) is 11.7. The van der Waals surface area contributed by atoms with Gasteiger partial charge >= 0.3 is 0 Å². The molecule has 0 bridgehead atoms. The SMILES string of the molecule is CCOc1ccc(/C(C)=N\NC(=O)CN(c2ccccc2OCC)S(C)(=O)=O)cc1. The Bertz CT molecular complexity index is 988. The van der Waals surface area contributed by atoms with Gasteiger partial charge in [-0.15, -0.1) is 0 Å². The molecular weight excluding hydrogens is 406 g/mol. The summed E-state index contributed by atoms with van der Waals surface area (Å²) in [5.74, 6) is 0.555. The van der Waals surface area contributed by atoms with Gasteiger partial charge in [0.2, 0.25) is 10.0 Å². The Morgan fingerprint density at radius 1 is 1.03 bits per heavy atom. The number of hydrogen-bond acceptors (Lipinski definition) is 6. The average Bonchev–Trinajstić information content (AvgIpc) is 2.71. The lowest BCUT2D eigenvalue weighted by atomic mass is 10.1. The number of ether oxygens (including phenoxy) is 2. The molecule has 0 unspecified atom stereocenters. The van der Waals surface area contributed by atoms with E-state index in [9.17, 15) is 13.2 Å². The van der Waals surface area contributed by atoms with Gasteiger partial charge in [-0.2, -0.15) is 5.10 Å². The van der Waals surface area contributed by atoms with Crippen LogP contribution in [0.5, 0.6) is 11.5 Å². The van der Waals surface area contributed by atoms with Gasteiger partial charge in [0, 0.05) is 0 Å². The van der Waals surface area contributed by atoms with Gasteiger partial charge < -0.3 is 9.47 Å². The molecule has 0 aliphatic rings. The number of sulfonamides is 1. The molecule has 2 aromatic rings. The molecule has 0 saturated carbocycles. The minimum atomic E-state index is -3.72. The van der Waals surface area contributed by atoms with Crippen LogP contribution < -0.4 is 19.2 Å². The van der Waals surface area contributed by atoms with Crippen molar-refractivity contribution in [2.24, 2.45) is 5.10 Å². The Morgan fingerprint density at radius 2 is 1.67 bits per heavy atom. The first-order valence-corrected chi connectivity index (χ1v) is 11.4. The number of hydrazone groups is 1. The zero-order chi connectivity index (χ0) is 22.1. The van der Waals surface area contributed by atoms with Crippen LogP contribution in [0, 0.1) is 0 Å². The van der Waals surface area contributed by atoms with Crippen LogP contribution in [-0.4, -0.2) is 46.1 Å². The van der Waals surface area contributed by atoms with E-state index in [-0.39, 0.29) is 0 Å². The molecule has 8 nitrogen and oxygen atoms in total. The number of anilines is 1. The van der Waals surface area contributed by atoms with Crippen molar-refractivity contribution in [3.8, 4) is 11.5 Å². The van der Waals surface area contributed by atoms with Gasteiger partial charge in [0.05, 0.1) is 30.9 Å². The molecule has 1 amide bonds. The number of carbonyl (C=O) groups is 1. The second-order valence-corrected chi connectivity index (χ2v) is 8.27. The molecular formula is C21H27N3O5S. The first-order valence-electron chi connectivity index (χ1n) is 9.52. The van der Waals surface area contributed by atoms with E-state index in [2.05, 4.69) is 10.5 Å². The number of carbonyl (C=O) groups excluding carboxylic acids is 1. The van der Waals surface area contributed by atoms with Crippen LogP contribution in [0.4, 0.5) is 5.69 Å². The van der Waals surface area contributed by atoms with E-state index >= 15 is 0 Å². The second-order valence-electron chi connectivity index (χ2n) is 6.36. The molecule has 30 heavy (non-hydrogen) atoms. The van der Waals surface area contributed by atoms with Crippen molar-refractivity contribution in [3.05, 3.63) is 54.1 Å². The largest absolute Gasteiger partial charge is 0.494 e. The van der Waals surface area contributed by atoms with Crippen molar-refractivity contribution in [1.82, 2.24) is 5.43 Å². The van der Waals surface area contributed by atoms with Crippen molar-refractivity contribution in [1.29, 1.82) is 0 Å². The van der Waals surface area contributed by atoms with Gasteiger partial charge in [0.15, 0.2) is 0 Å². The van der Waals surface area contributed by atoms with Gasteiger partial charge in [-0.3, -0.25) is 9.10 Å². The summed E-state index contributed by atoms with van der Waals surface area (Å²) in [6, 6.07) is 14.0. The van der Waals surface area contributed by atoms with Crippen molar-refractivity contribution < 1.29 is 22.7 Å². The summed E-state index contributed by atoms with van der Waals surface area (Å²) < 4.78 is 36.5. The lowest BCUT2D eigenvalue weighted by Gasteiger charge is -2.23. The van der Waals surface area contributed by atoms with Crippen LogP contribution in [0.1, 0.15) is 26.3 Å². The van der Waals surface area contributed by atoms with E-state index in [1.807, 2.05) is 31.2 Å². The molecule has 0 radical (unpaired) electrons. The summed E-state index contributed by atoms with van der Waals surface area (Å²) in [4.78, 5) is 12.4. The first kappa shape index (κ1) is 23.2. The highest BCUT2D eigenvalue weighted by Crippen LogP contribution is 2.29. The molecule has 162 valence electrons. The van der Waals surface area contributed by atoms with Crippen LogP contribution in [0.3, 0.4) is 0 Å². The van der Waals surface area contributed by atoms with Gasteiger partial charge in [-0.25, -0.2) is 13.8 Å². The zero-order valence-electron chi connectivity index (χ0n) is 17.6. The van der Waals surface area contributed by atoms with Crippen molar-refractivity contribution in [3.63, 3.8) is 0 Å². The quantitative estimate of drug-likeness (QED) is 0.459. The number of hydrogen-bond donors (Lipinski definition) is 1. The molecule has 0 fully saturated rings. The van der Waals surface area contributed by atoms with Crippen LogP contribution in [-0.2, 0) is 14.8 Å². The summed E-state index contributed by atoms with van der Waals surface area (Å²) in [5.41, 5.74) is 4.09. The third-order valence-electron chi connectivity index (χ3n) is 4.05. The van der Waals surface area contributed by atoms with E-state index in [1.54, 1.807) is 38.1 Å². The van der Waals surface area contributed by atoms with Crippen LogP contribution in [0.2, 0.25) is 0 Å². The van der Waals surface area contributed by atoms with Gasteiger partial charge in [0.1, 0.15) is 18.0 Å². The van der Waals surface area contributed by atoms with Gasteiger partial charge in [-0.05, 0) is 62.7 Å². The Labute approximate surface area is 177 Å². The summed E-state index contributed by atoms with van der Waals surface area (Å²) in [5, 5.41) is 4.08. The number of amides is 1. The Hall–Kier alpha value is -3.07.